The number of rotatable bonds is 5. The van der Waals surface area contributed by atoms with Gasteiger partial charge in [-0.15, -0.1) is 0 Å². The van der Waals surface area contributed by atoms with E-state index in [2.05, 4.69) is 10.0 Å². The quantitative estimate of drug-likeness (QED) is 0.788. The summed E-state index contributed by atoms with van der Waals surface area (Å²) in [4.78, 5) is 12.4. The Balaban J connectivity index is 2.12. The lowest BCUT2D eigenvalue weighted by atomic mass is 10.0. The number of hydrogen-bond donors (Lipinski definition) is 2. The molecule has 1 aromatic rings. The lowest BCUT2D eigenvalue weighted by Gasteiger charge is -2.23. The minimum atomic E-state index is -3.61. The largest absolute Gasteiger partial charge is 0.346 e. The molecule has 24 heavy (non-hydrogen) atoms. The van der Waals surface area contributed by atoms with Crippen LogP contribution in [0.15, 0.2) is 29.2 Å². The zero-order valence-electron chi connectivity index (χ0n) is 13.9. The first-order valence-corrected chi connectivity index (χ1v) is 10.9. The van der Waals surface area contributed by atoms with Gasteiger partial charge >= 0.3 is 0 Å². The van der Waals surface area contributed by atoms with Gasteiger partial charge in [-0.2, -0.15) is 0 Å². The predicted octanol–water partition coefficient (Wildman–Crippen LogP) is 0.680. The van der Waals surface area contributed by atoms with Crippen LogP contribution in [0.1, 0.15) is 37.6 Å². The molecule has 1 aliphatic rings. The molecule has 1 amide bonds. The highest BCUT2D eigenvalue weighted by atomic mass is 32.2. The van der Waals surface area contributed by atoms with Crippen molar-refractivity contribution in [3.05, 3.63) is 29.8 Å². The Bertz CT molecular complexity index is 829. The van der Waals surface area contributed by atoms with Crippen LogP contribution in [0.25, 0.3) is 0 Å². The fraction of sp³-hybridized carbons (Fsp3) is 0.533. The first-order valence-electron chi connectivity index (χ1n) is 7.58. The van der Waals surface area contributed by atoms with Crippen molar-refractivity contribution in [1.82, 2.24) is 10.0 Å². The molecule has 1 fully saturated rings. The van der Waals surface area contributed by atoms with Gasteiger partial charge in [0.25, 0.3) is 5.91 Å². The zero-order valence-corrected chi connectivity index (χ0v) is 15.5. The van der Waals surface area contributed by atoms with Crippen LogP contribution in [0.5, 0.6) is 0 Å². The Morgan fingerprint density at radius 3 is 2.25 bits per heavy atom. The summed E-state index contributed by atoms with van der Waals surface area (Å²) in [5, 5.41) is 2.73. The minimum absolute atomic E-state index is 0.0574. The number of carbonyl (C=O) groups is 1. The van der Waals surface area contributed by atoms with Gasteiger partial charge in [0.05, 0.1) is 21.9 Å². The molecule has 0 saturated carbocycles. The van der Waals surface area contributed by atoms with Crippen molar-refractivity contribution in [3.63, 3.8) is 0 Å². The second-order valence-corrected chi connectivity index (χ2v) is 10.6. The maximum atomic E-state index is 12.3. The van der Waals surface area contributed by atoms with Gasteiger partial charge in [-0.25, -0.2) is 21.6 Å². The lowest BCUT2D eigenvalue weighted by Crippen LogP contribution is -2.46. The summed E-state index contributed by atoms with van der Waals surface area (Å²) in [6.07, 6.45) is 0.367. The molecule has 1 atom stereocenters. The van der Waals surface area contributed by atoms with Crippen molar-refractivity contribution < 1.29 is 21.6 Å². The molecule has 0 aromatic heterocycles. The standard InChI is InChI=1S/C15H22N2O5S2/c1-11(2)17-24(21,22)13-6-4-12(5-7-13)14(18)16-15(3)8-9-23(19,20)10-15/h4-7,11,17H,8-10H2,1-3H3,(H,16,18). The third-order valence-corrected chi connectivity index (χ3v) is 7.31. The van der Waals surface area contributed by atoms with Gasteiger partial charge in [0.15, 0.2) is 9.84 Å². The Morgan fingerprint density at radius 1 is 1.21 bits per heavy atom. The highest BCUT2D eigenvalue weighted by Gasteiger charge is 2.39. The van der Waals surface area contributed by atoms with Gasteiger partial charge in [-0.05, 0) is 51.5 Å². The molecule has 1 heterocycles. The second-order valence-electron chi connectivity index (χ2n) is 6.66. The Kier molecular flexibility index (Phi) is 5.08. The van der Waals surface area contributed by atoms with E-state index in [-0.39, 0.29) is 28.0 Å². The molecule has 2 rings (SSSR count). The first-order chi connectivity index (χ1) is 10.9. The minimum Gasteiger partial charge on any atom is -0.346 e. The van der Waals surface area contributed by atoms with Crippen LogP contribution in [-0.4, -0.2) is 45.8 Å². The monoisotopic (exact) mass is 374 g/mol. The van der Waals surface area contributed by atoms with E-state index in [1.165, 1.54) is 24.3 Å². The van der Waals surface area contributed by atoms with Crippen LogP contribution in [0.4, 0.5) is 0 Å². The molecule has 1 unspecified atom stereocenters. The topological polar surface area (TPSA) is 109 Å². The van der Waals surface area contributed by atoms with E-state index in [1.807, 2.05) is 0 Å². The molecular weight excluding hydrogens is 352 g/mol. The summed E-state index contributed by atoms with van der Waals surface area (Å²) in [7, 11) is -6.73. The zero-order chi connectivity index (χ0) is 18.2. The van der Waals surface area contributed by atoms with Crippen LogP contribution >= 0.6 is 0 Å². The fourth-order valence-corrected chi connectivity index (χ4v) is 5.96. The predicted molar refractivity (Wildman–Crippen MR) is 91.0 cm³/mol. The van der Waals surface area contributed by atoms with Gasteiger partial charge in [0.1, 0.15) is 0 Å². The van der Waals surface area contributed by atoms with Crippen LogP contribution in [-0.2, 0) is 19.9 Å². The molecule has 0 radical (unpaired) electrons. The number of nitrogens with one attached hydrogen (secondary N) is 2. The molecule has 1 aliphatic heterocycles. The second kappa shape index (κ2) is 6.45. The van der Waals surface area contributed by atoms with Gasteiger partial charge in [0, 0.05) is 11.6 Å². The molecule has 1 saturated heterocycles. The van der Waals surface area contributed by atoms with Crippen molar-refractivity contribution in [1.29, 1.82) is 0 Å². The molecular formula is C15H22N2O5S2. The average Bonchev–Trinajstić information content (AvgIpc) is 2.71. The van der Waals surface area contributed by atoms with Crippen LogP contribution < -0.4 is 10.0 Å². The fourth-order valence-electron chi connectivity index (χ4n) is 2.62. The van der Waals surface area contributed by atoms with E-state index in [0.717, 1.165) is 0 Å². The molecule has 2 N–H and O–H groups in total. The number of sulfonamides is 1. The van der Waals surface area contributed by atoms with Gasteiger partial charge in [-0.3, -0.25) is 4.79 Å². The van der Waals surface area contributed by atoms with Crippen LogP contribution in [0.3, 0.4) is 0 Å². The third kappa shape index (κ3) is 4.55. The molecule has 9 heteroatoms. The molecule has 0 bridgehead atoms. The van der Waals surface area contributed by atoms with Gasteiger partial charge < -0.3 is 5.32 Å². The molecule has 7 nitrogen and oxygen atoms in total. The summed E-state index contributed by atoms with van der Waals surface area (Å²) < 4.78 is 49.7. The number of sulfone groups is 1. The Labute approximate surface area is 142 Å². The number of carbonyl (C=O) groups excluding carboxylic acids is 1. The highest BCUT2D eigenvalue weighted by Crippen LogP contribution is 2.23. The molecule has 134 valence electrons. The van der Waals surface area contributed by atoms with Crippen LogP contribution in [0.2, 0.25) is 0 Å². The summed E-state index contributed by atoms with van der Waals surface area (Å²) in [6, 6.07) is 5.30. The Hall–Kier alpha value is -1.45. The summed E-state index contributed by atoms with van der Waals surface area (Å²) >= 11 is 0. The third-order valence-electron chi connectivity index (χ3n) is 3.74. The van der Waals surface area contributed by atoms with E-state index >= 15 is 0 Å². The van der Waals surface area contributed by atoms with Crippen molar-refractivity contribution >= 4 is 25.8 Å². The highest BCUT2D eigenvalue weighted by molar-refractivity contribution is 7.91. The first kappa shape index (κ1) is 18.9. The number of amides is 1. The normalized spacial score (nSPS) is 23.3. The number of benzene rings is 1. The van der Waals surface area contributed by atoms with Crippen molar-refractivity contribution in [3.8, 4) is 0 Å². The van der Waals surface area contributed by atoms with Gasteiger partial charge in [-0.1, -0.05) is 0 Å². The van der Waals surface area contributed by atoms with E-state index in [1.54, 1.807) is 20.8 Å². The summed E-state index contributed by atoms with van der Waals surface area (Å²) in [5.74, 6) is -0.450. The molecule has 0 spiro atoms. The molecule has 1 aromatic carbocycles. The maximum Gasteiger partial charge on any atom is 0.251 e. The molecule has 0 aliphatic carbocycles. The average molecular weight is 374 g/mol. The van der Waals surface area contributed by atoms with Gasteiger partial charge in [0.2, 0.25) is 10.0 Å². The van der Waals surface area contributed by atoms with Crippen molar-refractivity contribution in [2.75, 3.05) is 11.5 Å². The van der Waals surface area contributed by atoms with E-state index < -0.39 is 31.3 Å². The Morgan fingerprint density at radius 2 is 1.79 bits per heavy atom. The SMILES string of the molecule is CC(C)NS(=O)(=O)c1ccc(C(=O)NC2(C)CCS(=O)(=O)C2)cc1. The summed E-state index contributed by atoms with van der Waals surface area (Å²) in [6.45, 7) is 5.13. The van der Waals surface area contributed by atoms with Crippen molar-refractivity contribution in [2.24, 2.45) is 0 Å². The van der Waals surface area contributed by atoms with Crippen LogP contribution in [0, 0.1) is 0 Å². The van der Waals surface area contributed by atoms with Crippen molar-refractivity contribution in [2.45, 2.75) is 43.7 Å². The smallest absolute Gasteiger partial charge is 0.251 e. The maximum absolute atomic E-state index is 12.3. The van der Waals surface area contributed by atoms with E-state index in [9.17, 15) is 21.6 Å². The van der Waals surface area contributed by atoms with E-state index in [0.29, 0.717) is 6.42 Å². The lowest BCUT2D eigenvalue weighted by molar-refractivity contribution is 0.0915. The summed E-state index contributed by atoms with van der Waals surface area (Å²) in [5.41, 5.74) is -0.510. The van der Waals surface area contributed by atoms with E-state index in [4.69, 9.17) is 0 Å². The number of hydrogen-bond acceptors (Lipinski definition) is 5.